The van der Waals surface area contributed by atoms with Gasteiger partial charge >= 0.3 is 0 Å². The molecular weight excluding hydrogens is 276 g/mol. The Morgan fingerprint density at radius 1 is 1.30 bits per heavy atom. The molecule has 1 aliphatic carbocycles. The first kappa shape index (κ1) is 15.3. The molecule has 1 aliphatic rings. The molecule has 1 aromatic heterocycles. The highest BCUT2D eigenvalue weighted by molar-refractivity contribution is 7.89. The Labute approximate surface area is 119 Å². The van der Waals surface area contributed by atoms with E-state index in [-0.39, 0.29) is 10.9 Å². The average Bonchev–Trinajstić information content (AvgIpc) is 2.39. The maximum atomic E-state index is 12.4. The number of rotatable bonds is 4. The summed E-state index contributed by atoms with van der Waals surface area (Å²) in [7, 11) is -3.75. The number of pyridine rings is 1. The molecule has 0 aliphatic heterocycles. The largest absolute Gasteiger partial charge is 0.366 e. The lowest BCUT2D eigenvalue weighted by atomic mass is 9.78. The zero-order valence-electron chi connectivity index (χ0n) is 11.9. The Hall–Kier alpha value is -1.14. The summed E-state index contributed by atoms with van der Waals surface area (Å²) in [6.07, 6.45) is 6.73. The van der Waals surface area contributed by atoms with Gasteiger partial charge < -0.3 is 4.98 Å². The summed E-state index contributed by atoms with van der Waals surface area (Å²) in [5, 5.41) is 0. The number of sulfonamides is 1. The molecule has 5 nitrogen and oxygen atoms in total. The van der Waals surface area contributed by atoms with Crippen LogP contribution in [0.4, 0.5) is 0 Å². The van der Waals surface area contributed by atoms with Crippen LogP contribution in [0.5, 0.6) is 0 Å². The van der Waals surface area contributed by atoms with Gasteiger partial charge in [-0.3, -0.25) is 4.79 Å². The van der Waals surface area contributed by atoms with E-state index >= 15 is 0 Å². The third-order valence-electron chi connectivity index (χ3n) is 4.06. The fourth-order valence-electron chi connectivity index (χ4n) is 2.98. The minimum atomic E-state index is -3.75. The third kappa shape index (κ3) is 3.30. The van der Waals surface area contributed by atoms with E-state index in [1.165, 1.54) is 18.5 Å². The SMILES string of the molecule is CC(C)C1CCCCC1NS(=O)(=O)c1c[nH]ccc1=O. The molecule has 2 rings (SSSR count). The van der Waals surface area contributed by atoms with E-state index in [9.17, 15) is 13.2 Å². The third-order valence-corrected chi connectivity index (χ3v) is 5.57. The molecule has 1 fully saturated rings. The van der Waals surface area contributed by atoms with Crippen molar-refractivity contribution in [3.63, 3.8) is 0 Å². The monoisotopic (exact) mass is 298 g/mol. The molecule has 2 atom stereocenters. The van der Waals surface area contributed by atoms with E-state index in [2.05, 4.69) is 23.6 Å². The lowest BCUT2D eigenvalue weighted by molar-refractivity contribution is 0.226. The van der Waals surface area contributed by atoms with Gasteiger partial charge in [0.25, 0.3) is 0 Å². The zero-order chi connectivity index (χ0) is 14.8. The van der Waals surface area contributed by atoms with Crippen molar-refractivity contribution in [1.82, 2.24) is 9.71 Å². The van der Waals surface area contributed by atoms with E-state index in [0.29, 0.717) is 11.8 Å². The first-order valence-electron chi connectivity index (χ1n) is 7.11. The second-order valence-corrected chi connectivity index (χ2v) is 7.48. The van der Waals surface area contributed by atoms with Gasteiger partial charge in [-0.2, -0.15) is 0 Å². The molecule has 112 valence electrons. The lowest BCUT2D eigenvalue weighted by Crippen LogP contribution is -2.44. The quantitative estimate of drug-likeness (QED) is 0.890. The number of aromatic amines is 1. The molecule has 2 N–H and O–H groups in total. The summed E-state index contributed by atoms with van der Waals surface area (Å²) in [5.41, 5.74) is -0.479. The molecule has 6 heteroatoms. The average molecular weight is 298 g/mol. The fraction of sp³-hybridized carbons (Fsp3) is 0.643. The van der Waals surface area contributed by atoms with E-state index in [4.69, 9.17) is 0 Å². The van der Waals surface area contributed by atoms with Crippen LogP contribution in [0.25, 0.3) is 0 Å². The predicted molar refractivity (Wildman–Crippen MR) is 78.0 cm³/mol. The lowest BCUT2D eigenvalue weighted by Gasteiger charge is -2.34. The van der Waals surface area contributed by atoms with Gasteiger partial charge in [-0.15, -0.1) is 0 Å². The molecule has 0 spiro atoms. The van der Waals surface area contributed by atoms with Gasteiger partial charge in [0.15, 0.2) is 0 Å². The summed E-state index contributed by atoms with van der Waals surface area (Å²) in [4.78, 5) is 14.1. The summed E-state index contributed by atoms with van der Waals surface area (Å²) in [6, 6.07) is 1.16. The molecule has 0 bridgehead atoms. The summed E-state index contributed by atoms with van der Waals surface area (Å²) in [6.45, 7) is 4.24. The van der Waals surface area contributed by atoms with Gasteiger partial charge in [0.2, 0.25) is 15.5 Å². The van der Waals surface area contributed by atoms with Gasteiger partial charge in [0.1, 0.15) is 4.90 Å². The van der Waals surface area contributed by atoms with Gasteiger partial charge in [-0.1, -0.05) is 26.7 Å². The number of H-pyrrole nitrogens is 1. The first-order chi connectivity index (χ1) is 9.42. The Kier molecular flexibility index (Phi) is 4.65. The second kappa shape index (κ2) is 6.10. The summed E-state index contributed by atoms with van der Waals surface area (Å²) < 4.78 is 27.5. The molecular formula is C14H22N2O3S. The fourth-order valence-corrected chi connectivity index (χ4v) is 4.35. The minimum absolute atomic E-state index is 0.0756. The van der Waals surface area contributed by atoms with Crippen LogP contribution in [0.2, 0.25) is 0 Å². The van der Waals surface area contributed by atoms with Crippen LogP contribution in [0.15, 0.2) is 28.2 Å². The Morgan fingerprint density at radius 2 is 2.00 bits per heavy atom. The molecule has 1 aromatic rings. The highest BCUT2D eigenvalue weighted by atomic mass is 32.2. The second-order valence-electron chi connectivity index (χ2n) is 5.79. The van der Waals surface area contributed by atoms with Crippen molar-refractivity contribution >= 4 is 10.0 Å². The normalized spacial score (nSPS) is 23.9. The highest BCUT2D eigenvalue weighted by Crippen LogP contribution is 2.30. The van der Waals surface area contributed by atoms with Crippen molar-refractivity contribution in [2.45, 2.75) is 50.5 Å². The van der Waals surface area contributed by atoms with Crippen LogP contribution in [-0.4, -0.2) is 19.4 Å². The van der Waals surface area contributed by atoms with Crippen molar-refractivity contribution in [2.75, 3.05) is 0 Å². The van der Waals surface area contributed by atoms with Crippen LogP contribution in [0, 0.1) is 11.8 Å². The van der Waals surface area contributed by atoms with E-state index < -0.39 is 15.5 Å². The maximum Gasteiger partial charge on any atom is 0.246 e. The van der Waals surface area contributed by atoms with Crippen LogP contribution in [0.3, 0.4) is 0 Å². The molecule has 0 radical (unpaired) electrons. The topological polar surface area (TPSA) is 79.0 Å². The molecule has 20 heavy (non-hydrogen) atoms. The Bertz CT molecular complexity index is 607. The Morgan fingerprint density at radius 3 is 2.65 bits per heavy atom. The van der Waals surface area contributed by atoms with Crippen LogP contribution >= 0.6 is 0 Å². The molecule has 0 amide bonds. The molecule has 1 saturated carbocycles. The van der Waals surface area contributed by atoms with Gasteiger partial charge in [-0.25, -0.2) is 13.1 Å². The van der Waals surface area contributed by atoms with E-state index in [1.807, 2.05) is 0 Å². The van der Waals surface area contributed by atoms with Crippen molar-refractivity contribution in [3.8, 4) is 0 Å². The minimum Gasteiger partial charge on any atom is -0.366 e. The number of nitrogens with one attached hydrogen (secondary N) is 2. The molecule has 2 unspecified atom stereocenters. The van der Waals surface area contributed by atoms with Crippen molar-refractivity contribution in [2.24, 2.45) is 11.8 Å². The first-order valence-corrected chi connectivity index (χ1v) is 8.59. The van der Waals surface area contributed by atoms with Crippen LogP contribution in [-0.2, 0) is 10.0 Å². The summed E-state index contributed by atoms with van der Waals surface area (Å²) in [5.74, 6) is 0.762. The van der Waals surface area contributed by atoms with Gasteiger partial charge in [-0.05, 0) is 24.7 Å². The molecule has 1 heterocycles. The summed E-state index contributed by atoms with van der Waals surface area (Å²) >= 11 is 0. The number of hydrogen-bond acceptors (Lipinski definition) is 3. The zero-order valence-corrected chi connectivity index (χ0v) is 12.7. The molecule has 0 saturated heterocycles. The van der Waals surface area contributed by atoms with E-state index in [0.717, 1.165) is 25.7 Å². The van der Waals surface area contributed by atoms with E-state index in [1.54, 1.807) is 0 Å². The van der Waals surface area contributed by atoms with Gasteiger partial charge in [0.05, 0.1) is 0 Å². The smallest absolute Gasteiger partial charge is 0.246 e. The van der Waals surface area contributed by atoms with Gasteiger partial charge in [0, 0.05) is 24.5 Å². The highest BCUT2D eigenvalue weighted by Gasteiger charge is 2.31. The van der Waals surface area contributed by atoms with Crippen molar-refractivity contribution in [1.29, 1.82) is 0 Å². The maximum absolute atomic E-state index is 12.4. The molecule has 0 aromatic carbocycles. The van der Waals surface area contributed by atoms with Crippen LogP contribution in [0.1, 0.15) is 39.5 Å². The predicted octanol–water partition coefficient (Wildman–Crippen LogP) is 1.87. The Balaban J connectivity index is 2.23. The number of aromatic nitrogens is 1. The number of hydrogen-bond donors (Lipinski definition) is 2. The van der Waals surface area contributed by atoms with Crippen molar-refractivity contribution < 1.29 is 8.42 Å². The van der Waals surface area contributed by atoms with Crippen LogP contribution < -0.4 is 10.2 Å². The van der Waals surface area contributed by atoms with Crippen molar-refractivity contribution in [3.05, 3.63) is 28.7 Å². The standard InChI is InChI=1S/C14H22N2O3S/c1-10(2)11-5-3-4-6-12(11)16-20(18,19)14-9-15-8-7-13(14)17/h7-12,16H,3-6H2,1-2H3,(H,15,17).